The monoisotopic (exact) mass is 274 g/mol. The lowest BCUT2D eigenvalue weighted by molar-refractivity contribution is 0.687. The maximum atomic E-state index is 9.24. The van der Waals surface area contributed by atoms with Crippen molar-refractivity contribution in [3.05, 3.63) is 17.1 Å². The van der Waals surface area contributed by atoms with E-state index in [1.807, 2.05) is 5.38 Å². The molecule has 0 spiro atoms. The maximum Gasteiger partial charge on any atom is 0.212 e. The average molecular weight is 274 g/mol. The number of nitrogens with zero attached hydrogens (tertiary/aromatic N) is 4. The van der Waals surface area contributed by atoms with Gasteiger partial charge in [0, 0.05) is 17.6 Å². The first kappa shape index (κ1) is 12.0. The van der Waals surface area contributed by atoms with Gasteiger partial charge >= 0.3 is 0 Å². The summed E-state index contributed by atoms with van der Waals surface area (Å²) in [4.78, 5) is 4.16. The summed E-state index contributed by atoms with van der Waals surface area (Å²) in [6.45, 7) is 2.11. The molecule has 0 radical (unpaired) electrons. The number of hydrogen-bond donors (Lipinski definition) is 2. The Hall–Kier alpha value is -2.07. The molecule has 3 rings (SSSR count). The van der Waals surface area contributed by atoms with Crippen LogP contribution in [0.5, 0.6) is 0 Å². The van der Waals surface area contributed by atoms with Crippen molar-refractivity contribution in [2.24, 2.45) is 5.92 Å². The van der Waals surface area contributed by atoms with Gasteiger partial charge in [-0.2, -0.15) is 9.94 Å². The third-order valence-corrected chi connectivity index (χ3v) is 4.07. The van der Waals surface area contributed by atoms with E-state index in [9.17, 15) is 5.26 Å². The summed E-state index contributed by atoms with van der Waals surface area (Å²) in [5, 5.41) is 19.4. The van der Waals surface area contributed by atoms with Crippen LogP contribution in [-0.4, -0.2) is 20.8 Å². The molecule has 1 unspecified atom stereocenters. The number of aromatic nitrogens is 3. The fourth-order valence-electron chi connectivity index (χ4n) is 2.04. The van der Waals surface area contributed by atoms with Gasteiger partial charge in [0.2, 0.25) is 5.13 Å². The highest BCUT2D eigenvalue weighted by Crippen LogP contribution is 2.35. The topological polar surface area (TPSA) is 92.6 Å². The minimum absolute atomic E-state index is 0.311. The third kappa shape index (κ3) is 2.15. The van der Waals surface area contributed by atoms with E-state index in [1.165, 1.54) is 28.9 Å². The van der Waals surface area contributed by atoms with Crippen LogP contribution in [0.25, 0.3) is 5.13 Å². The number of thiazole rings is 1. The van der Waals surface area contributed by atoms with E-state index in [1.54, 1.807) is 6.20 Å². The summed E-state index contributed by atoms with van der Waals surface area (Å²) in [7, 11) is 0. The van der Waals surface area contributed by atoms with Crippen LogP contribution in [0.2, 0.25) is 0 Å². The Balaban J connectivity index is 1.95. The summed E-state index contributed by atoms with van der Waals surface area (Å²) in [5.74, 6) is 1.57. The molecule has 0 bridgehead atoms. The van der Waals surface area contributed by atoms with Crippen LogP contribution in [0.15, 0.2) is 11.6 Å². The first-order valence-corrected chi connectivity index (χ1v) is 7.03. The SMILES string of the molecule is CC(Nc1nn(-c2nccs2)c(N)c1C#N)C1CC1. The van der Waals surface area contributed by atoms with E-state index in [0.717, 1.165) is 0 Å². The molecular weight excluding hydrogens is 260 g/mol. The molecule has 98 valence electrons. The number of nitrogens with one attached hydrogen (secondary N) is 1. The first-order valence-electron chi connectivity index (χ1n) is 6.15. The zero-order valence-corrected chi connectivity index (χ0v) is 11.3. The summed E-state index contributed by atoms with van der Waals surface area (Å²) >= 11 is 1.43. The molecule has 1 atom stereocenters. The van der Waals surface area contributed by atoms with Crippen LogP contribution < -0.4 is 11.1 Å². The molecule has 2 aromatic heterocycles. The predicted molar refractivity (Wildman–Crippen MR) is 74.2 cm³/mol. The average Bonchev–Trinajstić information content (AvgIpc) is 3.03. The number of nitrogens with two attached hydrogens (primary N) is 1. The van der Waals surface area contributed by atoms with E-state index in [0.29, 0.717) is 34.3 Å². The number of nitrogen functional groups attached to an aromatic ring is 1. The lowest BCUT2D eigenvalue weighted by atomic mass is 10.2. The second-order valence-electron chi connectivity index (χ2n) is 4.72. The highest BCUT2D eigenvalue weighted by atomic mass is 32.1. The van der Waals surface area contributed by atoms with Crippen molar-refractivity contribution < 1.29 is 0 Å². The molecule has 1 aliphatic rings. The van der Waals surface area contributed by atoms with Gasteiger partial charge in [-0.3, -0.25) is 0 Å². The minimum atomic E-state index is 0.311. The summed E-state index contributed by atoms with van der Waals surface area (Å²) in [6.07, 6.45) is 4.16. The second-order valence-corrected chi connectivity index (χ2v) is 5.59. The van der Waals surface area contributed by atoms with E-state index in [2.05, 4.69) is 28.4 Å². The molecule has 2 heterocycles. The number of nitriles is 1. The molecule has 1 aliphatic carbocycles. The van der Waals surface area contributed by atoms with Crippen LogP contribution in [-0.2, 0) is 0 Å². The normalized spacial score (nSPS) is 16.0. The lowest BCUT2D eigenvalue weighted by Crippen LogP contribution is -2.18. The van der Waals surface area contributed by atoms with Crippen LogP contribution in [0.1, 0.15) is 25.3 Å². The van der Waals surface area contributed by atoms with Gasteiger partial charge in [-0.25, -0.2) is 4.98 Å². The molecule has 3 N–H and O–H groups in total. The molecule has 0 aromatic carbocycles. The van der Waals surface area contributed by atoms with Gasteiger partial charge in [0.1, 0.15) is 17.5 Å². The molecule has 6 nitrogen and oxygen atoms in total. The van der Waals surface area contributed by atoms with Crippen LogP contribution in [0, 0.1) is 17.2 Å². The van der Waals surface area contributed by atoms with Crippen LogP contribution in [0.3, 0.4) is 0 Å². The van der Waals surface area contributed by atoms with Crippen LogP contribution in [0.4, 0.5) is 11.6 Å². The van der Waals surface area contributed by atoms with Gasteiger partial charge in [0.15, 0.2) is 5.82 Å². The zero-order chi connectivity index (χ0) is 13.4. The second kappa shape index (κ2) is 4.55. The first-order chi connectivity index (χ1) is 9.20. The molecule has 0 amide bonds. The van der Waals surface area contributed by atoms with Gasteiger partial charge in [0.05, 0.1) is 0 Å². The summed E-state index contributed by atoms with van der Waals surface area (Å²) in [6, 6.07) is 2.43. The van der Waals surface area contributed by atoms with Crippen molar-refractivity contribution >= 4 is 23.0 Å². The van der Waals surface area contributed by atoms with E-state index in [4.69, 9.17) is 5.73 Å². The Kier molecular flexibility index (Phi) is 2.87. The largest absolute Gasteiger partial charge is 0.382 e. The van der Waals surface area contributed by atoms with Gasteiger partial charge in [-0.1, -0.05) is 0 Å². The fourth-order valence-corrected chi connectivity index (χ4v) is 2.64. The fraction of sp³-hybridized carbons (Fsp3) is 0.417. The molecule has 1 saturated carbocycles. The van der Waals surface area contributed by atoms with Crippen molar-refractivity contribution in [3.8, 4) is 11.2 Å². The summed E-state index contributed by atoms with van der Waals surface area (Å²) < 4.78 is 1.52. The molecule has 0 saturated heterocycles. The number of rotatable bonds is 4. The Morgan fingerprint density at radius 3 is 3.00 bits per heavy atom. The maximum absolute atomic E-state index is 9.24. The van der Waals surface area contributed by atoms with Crippen molar-refractivity contribution in [3.63, 3.8) is 0 Å². The zero-order valence-electron chi connectivity index (χ0n) is 10.5. The smallest absolute Gasteiger partial charge is 0.212 e. The predicted octanol–water partition coefficient (Wildman–Crippen LogP) is 1.99. The molecule has 19 heavy (non-hydrogen) atoms. The number of hydrogen-bond acceptors (Lipinski definition) is 6. The van der Waals surface area contributed by atoms with Crippen molar-refractivity contribution in [2.75, 3.05) is 11.1 Å². The van der Waals surface area contributed by atoms with Gasteiger partial charge in [0.25, 0.3) is 0 Å². The van der Waals surface area contributed by atoms with E-state index < -0.39 is 0 Å². The molecular formula is C12H14N6S. The molecule has 7 heteroatoms. The Bertz CT molecular complexity index is 619. The van der Waals surface area contributed by atoms with Crippen LogP contribution >= 0.6 is 11.3 Å². The van der Waals surface area contributed by atoms with E-state index in [-0.39, 0.29) is 0 Å². The lowest BCUT2D eigenvalue weighted by Gasteiger charge is -2.11. The van der Waals surface area contributed by atoms with Gasteiger partial charge in [-0.15, -0.1) is 16.4 Å². The molecule has 1 fully saturated rings. The Morgan fingerprint density at radius 2 is 2.42 bits per heavy atom. The van der Waals surface area contributed by atoms with Crippen molar-refractivity contribution in [1.29, 1.82) is 5.26 Å². The standard InChI is InChI=1S/C12H14N6S/c1-7(8-2-3-8)16-11-9(6-13)10(14)18(17-11)12-15-4-5-19-12/h4-5,7-8H,2-3,14H2,1H3,(H,16,17). The Morgan fingerprint density at radius 1 is 1.63 bits per heavy atom. The highest BCUT2D eigenvalue weighted by molar-refractivity contribution is 7.12. The van der Waals surface area contributed by atoms with Gasteiger partial charge < -0.3 is 11.1 Å². The molecule has 2 aromatic rings. The highest BCUT2D eigenvalue weighted by Gasteiger charge is 2.29. The number of anilines is 2. The molecule has 0 aliphatic heterocycles. The van der Waals surface area contributed by atoms with Crippen molar-refractivity contribution in [1.82, 2.24) is 14.8 Å². The minimum Gasteiger partial charge on any atom is -0.382 e. The van der Waals surface area contributed by atoms with E-state index >= 15 is 0 Å². The quantitative estimate of drug-likeness (QED) is 0.889. The summed E-state index contributed by atoms with van der Waals surface area (Å²) in [5.41, 5.74) is 6.37. The Labute approximate surface area is 114 Å². The van der Waals surface area contributed by atoms with Crippen molar-refractivity contribution in [2.45, 2.75) is 25.8 Å². The third-order valence-electron chi connectivity index (χ3n) is 3.33. The van der Waals surface area contributed by atoms with Gasteiger partial charge in [-0.05, 0) is 25.7 Å².